The smallest absolute Gasteiger partial charge is 0.224 e. The van der Waals surface area contributed by atoms with Gasteiger partial charge in [0.25, 0.3) is 0 Å². The zero-order valence-electron chi connectivity index (χ0n) is 14.1. The summed E-state index contributed by atoms with van der Waals surface area (Å²) in [6, 6.07) is 29.1. The van der Waals surface area contributed by atoms with Crippen molar-refractivity contribution in [2.45, 2.75) is 25.4 Å². The van der Waals surface area contributed by atoms with Crippen molar-refractivity contribution in [1.82, 2.24) is 4.90 Å². The van der Waals surface area contributed by atoms with Crippen LogP contribution in [-0.4, -0.2) is 10.8 Å². The van der Waals surface area contributed by atoms with Crippen molar-refractivity contribution in [1.29, 1.82) is 0 Å². The van der Waals surface area contributed by atoms with Gasteiger partial charge >= 0.3 is 0 Å². The monoisotopic (exact) mass is 327 g/mol. The third kappa shape index (κ3) is 3.34. The molecule has 0 spiro atoms. The van der Waals surface area contributed by atoms with Crippen molar-refractivity contribution >= 4 is 5.91 Å². The van der Waals surface area contributed by atoms with E-state index in [0.29, 0.717) is 19.5 Å². The normalized spacial score (nSPS) is 17.0. The van der Waals surface area contributed by atoms with E-state index in [4.69, 9.17) is 0 Å². The van der Waals surface area contributed by atoms with Crippen LogP contribution in [0.3, 0.4) is 0 Å². The first-order valence-electron chi connectivity index (χ1n) is 8.76. The van der Waals surface area contributed by atoms with Crippen molar-refractivity contribution in [3.63, 3.8) is 0 Å². The maximum atomic E-state index is 13.0. The molecule has 0 aromatic heterocycles. The minimum absolute atomic E-state index is 0.130. The Hall–Kier alpha value is -2.87. The third-order valence-electron chi connectivity index (χ3n) is 4.94. The van der Waals surface area contributed by atoms with Crippen LogP contribution in [0.5, 0.6) is 0 Å². The van der Waals surface area contributed by atoms with E-state index in [2.05, 4.69) is 60.7 Å². The predicted octanol–water partition coefficient (Wildman–Crippen LogP) is 4.75. The van der Waals surface area contributed by atoms with Crippen molar-refractivity contribution in [2.75, 3.05) is 0 Å². The van der Waals surface area contributed by atoms with Crippen molar-refractivity contribution in [2.24, 2.45) is 0 Å². The van der Waals surface area contributed by atoms with E-state index in [1.54, 1.807) is 0 Å². The molecular formula is C23H21NO. The molecule has 2 heteroatoms. The molecule has 1 amide bonds. The summed E-state index contributed by atoms with van der Waals surface area (Å²) in [4.78, 5) is 15.0. The van der Waals surface area contributed by atoms with Gasteiger partial charge < -0.3 is 4.90 Å². The molecule has 1 heterocycles. The molecule has 0 aliphatic carbocycles. The number of rotatable bonds is 3. The molecule has 1 aliphatic rings. The van der Waals surface area contributed by atoms with Crippen LogP contribution in [0.2, 0.25) is 0 Å². The summed E-state index contributed by atoms with van der Waals surface area (Å²) in [6.45, 7) is 1.34. The quantitative estimate of drug-likeness (QED) is 0.680. The highest BCUT2D eigenvalue weighted by atomic mass is 16.2. The molecule has 0 bridgehead atoms. The first kappa shape index (κ1) is 15.6. The molecule has 0 radical (unpaired) electrons. The van der Waals surface area contributed by atoms with Gasteiger partial charge in [-0.15, -0.1) is 0 Å². The van der Waals surface area contributed by atoms with Crippen LogP contribution >= 0.6 is 0 Å². The topological polar surface area (TPSA) is 20.3 Å². The number of hydrogen-bond acceptors (Lipinski definition) is 1. The fraction of sp³-hybridized carbons (Fsp3) is 0.174. The Balaban J connectivity index is 1.69. The average molecular weight is 327 g/mol. The Bertz CT molecular complexity index is 858. The number of amides is 1. The summed E-state index contributed by atoms with van der Waals surface area (Å²) < 4.78 is 0. The minimum atomic E-state index is 0.130. The average Bonchev–Trinajstić information content (AvgIpc) is 2.80. The molecule has 0 N–H and O–H groups in total. The number of carbonyl (C=O) groups excluding carboxylic acids is 1. The summed E-state index contributed by atoms with van der Waals surface area (Å²) in [6.07, 6.45) is 0.522. The van der Waals surface area contributed by atoms with E-state index in [-0.39, 0.29) is 11.8 Å². The van der Waals surface area contributed by atoms with E-state index in [9.17, 15) is 4.79 Å². The van der Waals surface area contributed by atoms with Gasteiger partial charge in [0, 0.05) is 25.4 Å². The minimum Gasteiger partial charge on any atom is -0.334 e. The van der Waals surface area contributed by atoms with E-state index in [0.717, 1.165) is 0 Å². The van der Waals surface area contributed by atoms with Crippen molar-refractivity contribution in [3.05, 3.63) is 107 Å². The molecular weight excluding hydrogens is 306 g/mol. The molecule has 1 aliphatic heterocycles. The number of carbonyl (C=O) groups is 1. The molecule has 2 nitrogen and oxygen atoms in total. The summed E-state index contributed by atoms with van der Waals surface area (Å²) >= 11 is 0. The second-order valence-corrected chi connectivity index (χ2v) is 6.60. The van der Waals surface area contributed by atoms with Gasteiger partial charge in [-0.3, -0.25) is 4.79 Å². The van der Waals surface area contributed by atoms with Crippen LogP contribution in [0.1, 0.15) is 34.6 Å². The maximum absolute atomic E-state index is 13.0. The second-order valence-electron chi connectivity index (χ2n) is 6.60. The SMILES string of the molecule is O=C1CC(c2ccccc2)c2ccccc2CN1Cc1ccccc1. The summed E-state index contributed by atoms with van der Waals surface area (Å²) in [5, 5.41) is 0. The van der Waals surface area contributed by atoms with Gasteiger partial charge in [-0.1, -0.05) is 84.9 Å². The molecule has 124 valence electrons. The maximum Gasteiger partial charge on any atom is 0.224 e. The molecule has 3 aromatic carbocycles. The highest BCUT2D eigenvalue weighted by Crippen LogP contribution is 2.34. The highest BCUT2D eigenvalue weighted by Gasteiger charge is 2.28. The van der Waals surface area contributed by atoms with Gasteiger partial charge in [-0.2, -0.15) is 0 Å². The molecule has 0 saturated carbocycles. The zero-order valence-corrected chi connectivity index (χ0v) is 14.1. The molecule has 1 atom stereocenters. The van der Waals surface area contributed by atoms with Gasteiger partial charge in [0.05, 0.1) is 0 Å². The molecule has 0 saturated heterocycles. The summed E-state index contributed by atoms with van der Waals surface area (Å²) in [5.41, 5.74) is 4.91. The first-order valence-corrected chi connectivity index (χ1v) is 8.76. The summed E-state index contributed by atoms with van der Waals surface area (Å²) in [5.74, 6) is 0.347. The van der Waals surface area contributed by atoms with Gasteiger partial charge in [0.1, 0.15) is 0 Å². The number of nitrogens with zero attached hydrogens (tertiary/aromatic N) is 1. The van der Waals surface area contributed by atoms with Crippen LogP contribution in [0.25, 0.3) is 0 Å². The number of benzene rings is 3. The Morgan fingerprint density at radius 3 is 2.20 bits per heavy atom. The standard InChI is InChI=1S/C23H21NO/c25-23-15-22(19-11-5-2-6-12-19)21-14-8-7-13-20(21)17-24(23)16-18-9-3-1-4-10-18/h1-14,22H,15-17H2. The summed E-state index contributed by atoms with van der Waals surface area (Å²) in [7, 11) is 0. The van der Waals surface area contributed by atoms with Crippen LogP contribution in [0.15, 0.2) is 84.9 Å². The zero-order chi connectivity index (χ0) is 17.1. The van der Waals surface area contributed by atoms with Gasteiger partial charge in [0.15, 0.2) is 0 Å². The lowest BCUT2D eigenvalue weighted by atomic mass is 9.86. The Morgan fingerprint density at radius 2 is 1.44 bits per heavy atom. The second kappa shape index (κ2) is 6.94. The third-order valence-corrected chi connectivity index (χ3v) is 4.94. The molecule has 25 heavy (non-hydrogen) atoms. The van der Waals surface area contributed by atoms with Crippen LogP contribution < -0.4 is 0 Å². The predicted molar refractivity (Wildman–Crippen MR) is 100 cm³/mol. The molecule has 4 rings (SSSR count). The Labute approximate surface area is 148 Å². The van der Waals surface area contributed by atoms with E-state index < -0.39 is 0 Å². The lowest BCUT2D eigenvalue weighted by Crippen LogP contribution is -2.29. The fourth-order valence-electron chi connectivity index (χ4n) is 3.66. The molecule has 1 unspecified atom stereocenters. The van der Waals surface area contributed by atoms with E-state index >= 15 is 0 Å². The Morgan fingerprint density at radius 1 is 0.800 bits per heavy atom. The lowest BCUT2D eigenvalue weighted by Gasteiger charge is -2.21. The molecule has 3 aromatic rings. The number of hydrogen-bond donors (Lipinski definition) is 0. The highest BCUT2D eigenvalue weighted by molar-refractivity contribution is 5.79. The van der Waals surface area contributed by atoms with Gasteiger partial charge in [-0.05, 0) is 22.3 Å². The number of fused-ring (bicyclic) bond motifs is 1. The van der Waals surface area contributed by atoms with Crippen LogP contribution in [-0.2, 0) is 17.9 Å². The largest absolute Gasteiger partial charge is 0.334 e. The van der Waals surface area contributed by atoms with Crippen molar-refractivity contribution in [3.8, 4) is 0 Å². The fourth-order valence-corrected chi connectivity index (χ4v) is 3.66. The van der Waals surface area contributed by atoms with Gasteiger partial charge in [-0.25, -0.2) is 0 Å². The Kier molecular flexibility index (Phi) is 4.34. The van der Waals surface area contributed by atoms with E-state index in [1.165, 1.54) is 22.3 Å². The van der Waals surface area contributed by atoms with Gasteiger partial charge in [0.2, 0.25) is 5.91 Å². The van der Waals surface area contributed by atoms with Crippen LogP contribution in [0, 0.1) is 0 Å². The first-order chi connectivity index (χ1) is 12.3. The van der Waals surface area contributed by atoms with E-state index in [1.807, 2.05) is 29.2 Å². The lowest BCUT2D eigenvalue weighted by molar-refractivity contribution is -0.132. The van der Waals surface area contributed by atoms with Crippen molar-refractivity contribution < 1.29 is 4.79 Å². The molecule has 0 fully saturated rings. The van der Waals surface area contributed by atoms with Crippen LogP contribution in [0.4, 0.5) is 0 Å².